The highest BCUT2D eigenvalue weighted by molar-refractivity contribution is 6.00. The van der Waals surface area contributed by atoms with Crippen LogP contribution in [0, 0.1) is 5.92 Å². The predicted molar refractivity (Wildman–Crippen MR) is 130 cm³/mol. The van der Waals surface area contributed by atoms with Crippen molar-refractivity contribution >= 4 is 29.4 Å². The third kappa shape index (κ3) is 7.14. The van der Waals surface area contributed by atoms with Gasteiger partial charge in [0.1, 0.15) is 17.8 Å². The van der Waals surface area contributed by atoms with Crippen LogP contribution >= 0.6 is 0 Å². The highest BCUT2D eigenvalue weighted by Gasteiger charge is 2.32. The first-order chi connectivity index (χ1) is 16.8. The van der Waals surface area contributed by atoms with Crippen LogP contribution < -0.4 is 16.0 Å². The first-order valence-corrected chi connectivity index (χ1v) is 12.0. The van der Waals surface area contributed by atoms with Crippen molar-refractivity contribution in [2.45, 2.75) is 64.0 Å². The monoisotopic (exact) mass is 483 g/mol. The van der Waals surface area contributed by atoms with E-state index in [0.717, 1.165) is 32.1 Å². The van der Waals surface area contributed by atoms with Gasteiger partial charge >= 0.3 is 5.97 Å². The van der Waals surface area contributed by atoms with Crippen LogP contribution in [0.15, 0.2) is 36.5 Å². The number of aryl methyl sites for hydroxylation is 1. The van der Waals surface area contributed by atoms with E-state index in [2.05, 4.69) is 21.0 Å². The molecule has 0 spiro atoms. The van der Waals surface area contributed by atoms with E-state index in [1.54, 1.807) is 44.3 Å². The van der Waals surface area contributed by atoms with Crippen LogP contribution in [0.25, 0.3) is 0 Å². The van der Waals surface area contributed by atoms with Gasteiger partial charge in [0.25, 0.3) is 5.91 Å². The molecule has 188 valence electrons. The SMILES string of the molecule is CCC(=O)NC(Cc1ccc(NC(=O)C(NC(=O)c2ccnn2C)C2CCCCC2)cc1)C(=O)O. The Morgan fingerprint density at radius 1 is 1.06 bits per heavy atom. The van der Waals surface area contributed by atoms with Gasteiger partial charge in [-0.3, -0.25) is 19.1 Å². The molecule has 1 aromatic heterocycles. The Labute approximate surface area is 204 Å². The van der Waals surface area contributed by atoms with Crippen molar-refractivity contribution in [2.75, 3.05) is 5.32 Å². The summed E-state index contributed by atoms with van der Waals surface area (Å²) in [4.78, 5) is 49.1. The largest absolute Gasteiger partial charge is 0.480 e. The number of nitrogens with zero attached hydrogens (tertiary/aromatic N) is 2. The van der Waals surface area contributed by atoms with Crippen molar-refractivity contribution in [3.8, 4) is 0 Å². The average molecular weight is 484 g/mol. The number of hydrogen-bond donors (Lipinski definition) is 4. The lowest BCUT2D eigenvalue weighted by atomic mass is 9.83. The van der Waals surface area contributed by atoms with Crippen molar-refractivity contribution in [1.29, 1.82) is 0 Å². The van der Waals surface area contributed by atoms with Crippen molar-refractivity contribution in [3.05, 3.63) is 47.8 Å². The number of hydrogen-bond acceptors (Lipinski definition) is 5. The summed E-state index contributed by atoms with van der Waals surface area (Å²) in [5.41, 5.74) is 1.63. The summed E-state index contributed by atoms with van der Waals surface area (Å²) in [5, 5.41) is 21.7. The van der Waals surface area contributed by atoms with Gasteiger partial charge in [-0.25, -0.2) is 4.79 Å². The Hall–Kier alpha value is -3.69. The first kappa shape index (κ1) is 25.9. The minimum absolute atomic E-state index is 0.0405. The number of aliphatic carboxylic acids is 1. The molecule has 10 heteroatoms. The number of rotatable bonds is 10. The maximum absolute atomic E-state index is 13.2. The van der Waals surface area contributed by atoms with Crippen molar-refractivity contribution in [3.63, 3.8) is 0 Å². The number of amides is 3. The topological polar surface area (TPSA) is 142 Å². The number of aromatic nitrogens is 2. The predicted octanol–water partition coefficient (Wildman–Crippen LogP) is 2.26. The Kier molecular flexibility index (Phi) is 8.99. The van der Waals surface area contributed by atoms with Gasteiger partial charge in [0, 0.05) is 31.8 Å². The molecule has 1 aromatic carbocycles. The van der Waals surface area contributed by atoms with Crippen LogP contribution in [-0.2, 0) is 27.9 Å². The molecule has 1 saturated carbocycles. The quantitative estimate of drug-likeness (QED) is 0.408. The van der Waals surface area contributed by atoms with Gasteiger partial charge in [-0.1, -0.05) is 38.3 Å². The minimum atomic E-state index is -1.11. The summed E-state index contributed by atoms with van der Waals surface area (Å²) in [6.07, 6.45) is 6.75. The first-order valence-electron chi connectivity index (χ1n) is 12.0. The second kappa shape index (κ2) is 12.1. The van der Waals surface area contributed by atoms with E-state index >= 15 is 0 Å². The van der Waals surface area contributed by atoms with Crippen LogP contribution in [0.4, 0.5) is 5.69 Å². The summed E-state index contributed by atoms with van der Waals surface area (Å²) < 4.78 is 1.47. The number of nitrogens with one attached hydrogen (secondary N) is 3. The second-order valence-corrected chi connectivity index (χ2v) is 8.89. The van der Waals surface area contributed by atoms with E-state index in [0.29, 0.717) is 16.9 Å². The van der Waals surface area contributed by atoms with E-state index in [1.165, 1.54) is 10.9 Å². The molecule has 10 nitrogen and oxygen atoms in total. The van der Waals surface area contributed by atoms with E-state index in [1.807, 2.05) is 0 Å². The van der Waals surface area contributed by atoms with Crippen LogP contribution in [0.2, 0.25) is 0 Å². The molecular weight excluding hydrogens is 450 g/mol. The van der Waals surface area contributed by atoms with Gasteiger partial charge in [0.15, 0.2) is 0 Å². The zero-order valence-corrected chi connectivity index (χ0v) is 20.1. The Balaban J connectivity index is 1.68. The van der Waals surface area contributed by atoms with Crippen molar-refractivity contribution in [2.24, 2.45) is 13.0 Å². The van der Waals surface area contributed by atoms with Crippen LogP contribution in [0.3, 0.4) is 0 Å². The van der Waals surface area contributed by atoms with Gasteiger partial charge in [-0.15, -0.1) is 0 Å². The summed E-state index contributed by atoms with van der Waals surface area (Å²) in [6.45, 7) is 1.66. The maximum Gasteiger partial charge on any atom is 0.326 e. The van der Waals surface area contributed by atoms with E-state index in [-0.39, 0.29) is 36.5 Å². The van der Waals surface area contributed by atoms with Crippen LogP contribution in [-0.4, -0.2) is 50.7 Å². The molecule has 3 amide bonds. The van der Waals surface area contributed by atoms with Gasteiger partial charge in [0.05, 0.1) is 0 Å². The van der Waals surface area contributed by atoms with E-state index in [9.17, 15) is 24.3 Å². The standard InChI is InChI=1S/C25H33N5O5/c1-3-21(31)28-19(25(34)35)15-16-9-11-18(12-10-16)27-24(33)22(17-7-5-4-6-8-17)29-23(32)20-13-14-26-30(20)2/h9-14,17,19,22H,3-8,15H2,1-2H3,(H,27,33)(H,28,31)(H,29,32)(H,34,35). The van der Waals surface area contributed by atoms with Crippen LogP contribution in [0.5, 0.6) is 0 Å². The Bertz CT molecular complexity index is 1040. The Morgan fingerprint density at radius 3 is 2.31 bits per heavy atom. The number of carbonyl (C=O) groups is 4. The van der Waals surface area contributed by atoms with E-state index in [4.69, 9.17) is 0 Å². The van der Waals surface area contributed by atoms with Crippen molar-refractivity contribution in [1.82, 2.24) is 20.4 Å². The third-order valence-electron chi connectivity index (χ3n) is 6.36. The molecule has 2 unspecified atom stereocenters. The minimum Gasteiger partial charge on any atom is -0.480 e. The fourth-order valence-electron chi connectivity index (χ4n) is 4.35. The number of carboxylic acid groups (broad SMARTS) is 1. The summed E-state index contributed by atoms with van der Waals surface area (Å²) in [7, 11) is 1.68. The molecule has 0 saturated heterocycles. The van der Waals surface area contributed by atoms with Gasteiger partial charge in [-0.2, -0.15) is 5.10 Å². The zero-order valence-electron chi connectivity index (χ0n) is 20.1. The number of carboxylic acids is 1. The highest BCUT2D eigenvalue weighted by Crippen LogP contribution is 2.27. The molecule has 2 atom stereocenters. The molecule has 1 aliphatic rings. The number of anilines is 1. The summed E-state index contributed by atoms with van der Waals surface area (Å²) in [6, 6.07) is 6.71. The van der Waals surface area contributed by atoms with Crippen LogP contribution in [0.1, 0.15) is 61.5 Å². The average Bonchev–Trinajstić information content (AvgIpc) is 3.29. The maximum atomic E-state index is 13.2. The highest BCUT2D eigenvalue weighted by atomic mass is 16.4. The van der Waals surface area contributed by atoms with Gasteiger partial charge in [0.2, 0.25) is 11.8 Å². The Morgan fingerprint density at radius 2 is 1.74 bits per heavy atom. The molecule has 1 heterocycles. The molecule has 0 aliphatic heterocycles. The molecule has 3 rings (SSSR count). The molecule has 0 bridgehead atoms. The summed E-state index contributed by atoms with van der Waals surface area (Å²) >= 11 is 0. The molecule has 0 radical (unpaired) electrons. The zero-order chi connectivity index (χ0) is 25.4. The molecular formula is C25H33N5O5. The van der Waals surface area contributed by atoms with Gasteiger partial charge in [-0.05, 0) is 42.5 Å². The number of carbonyl (C=O) groups excluding carboxylic acids is 3. The summed E-state index contributed by atoms with van der Waals surface area (Å²) in [5.74, 6) is -2.04. The molecule has 2 aromatic rings. The smallest absolute Gasteiger partial charge is 0.326 e. The second-order valence-electron chi connectivity index (χ2n) is 8.89. The van der Waals surface area contributed by atoms with Gasteiger partial charge < -0.3 is 21.1 Å². The lowest BCUT2D eigenvalue weighted by molar-refractivity contribution is -0.141. The molecule has 35 heavy (non-hydrogen) atoms. The molecule has 1 aliphatic carbocycles. The van der Waals surface area contributed by atoms with Crippen molar-refractivity contribution < 1.29 is 24.3 Å². The van der Waals surface area contributed by atoms with E-state index < -0.39 is 18.1 Å². The molecule has 1 fully saturated rings. The lowest BCUT2D eigenvalue weighted by Crippen LogP contribution is -2.49. The third-order valence-corrected chi connectivity index (χ3v) is 6.36. The normalized spacial score (nSPS) is 15.6. The fraction of sp³-hybridized carbons (Fsp3) is 0.480. The fourth-order valence-corrected chi connectivity index (χ4v) is 4.35. The molecule has 4 N–H and O–H groups in total. The lowest BCUT2D eigenvalue weighted by Gasteiger charge is -2.30. The number of benzene rings is 1.